The Morgan fingerprint density at radius 2 is 2.08 bits per heavy atom. The third-order valence-corrected chi connectivity index (χ3v) is 4.98. The number of fused-ring (bicyclic) bond motifs is 1. The fraction of sp³-hybridized carbons (Fsp3) is 0.263. The Hall–Kier alpha value is -2.35. The zero-order chi connectivity index (χ0) is 16.5. The molecule has 1 atom stereocenters. The molecule has 3 heterocycles. The van der Waals surface area contributed by atoms with Crippen molar-refractivity contribution in [2.24, 2.45) is 5.92 Å². The maximum atomic E-state index is 9.01. The highest BCUT2D eigenvalue weighted by Crippen LogP contribution is 2.36. The zero-order valence-electron chi connectivity index (χ0n) is 13.1. The van der Waals surface area contributed by atoms with Crippen molar-refractivity contribution in [3.05, 3.63) is 52.8 Å². The summed E-state index contributed by atoms with van der Waals surface area (Å²) in [7, 11) is 0. The molecule has 0 saturated carbocycles. The summed E-state index contributed by atoms with van der Waals surface area (Å²) in [4.78, 5) is 7.87. The van der Waals surface area contributed by atoms with Crippen molar-refractivity contribution in [2.75, 3.05) is 13.1 Å². The van der Waals surface area contributed by atoms with Crippen molar-refractivity contribution in [3.8, 4) is 17.2 Å². The molecule has 1 aromatic carbocycles. The summed E-state index contributed by atoms with van der Waals surface area (Å²) in [6.45, 7) is 2.11. The monoisotopic (exact) mass is 336 g/mol. The summed E-state index contributed by atoms with van der Waals surface area (Å²) in [5, 5.41) is 13.0. The van der Waals surface area contributed by atoms with E-state index in [9.17, 15) is 0 Å². The van der Waals surface area contributed by atoms with Crippen LogP contribution >= 0.6 is 11.6 Å². The molecule has 0 unspecified atom stereocenters. The van der Waals surface area contributed by atoms with Gasteiger partial charge in [-0.3, -0.25) is 0 Å². The molecule has 0 spiro atoms. The predicted molar refractivity (Wildman–Crippen MR) is 95.9 cm³/mol. The van der Waals surface area contributed by atoms with Gasteiger partial charge in [0.05, 0.1) is 22.7 Å². The molecule has 3 aromatic rings. The number of nitrogens with zero attached hydrogens (tertiary/aromatic N) is 2. The number of aromatic nitrogens is 2. The number of rotatable bonds is 3. The van der Waals surface area contributed by atoms with Crippen LogP contribution in [0.1, 0.15) is 17.5 Å². The minimum absolute atomic E-state index is 0.521. The molecule has 24 heavy (non-hydrogen) atoms. The minimum atomic E-state index is 0.521. The summed E-state index contributed by atoms with van der Waals surface area (Å²) in [6, 6.07) is 11.7. The van der Waals surface area contributed by atoms with Crippen LogP contribution in [-0.2, 0) is 6.42 Å². The average Bonchev–Trinajstić information content (AvgIpc) is 3.26. The second kappa shape index (κ2) is 6.27. The molecule has 120 valence electrons. The first kappa shape index (κ1) is 15.2. The number of nitriles is 1. The Morgan fingerprint density at radius 3 is 2.79 bits per heavy atom. The molecule has 5 heteroatoms. The van der Waals surface area contributed by atoms with Crippen molar-refractivity contribution < 1.29 is 0 Å². The molecular formula is C19H17ClN4. The van der Waals surface area contributed by atoms with Gasteiger partial charge < -0.3 is 10.3 Å². The second-order valence-electron chi connectivity index (χ2n) is 6.25. The van der Waals surface area contributed by atoms with Gasteiger partial charge in [-0.25, -0.2) is 4.98 Å². The predicted octanol–water partition coefficient (Wildman–Crippen LogP) is 3.91. The number of benzene rings is 1. The number of nitrogens with one attached hydrogen (secondary N) is 2. The molecule has 4 rings (SSSR count). The Balaban J connectivity index is 1.88. The highest BCUT2D eigenvalue weighted by atomic mass is 35.5. The van der Waals surface area contributed by atoms with Crippen molar-refractivity contribution in [3.63, 3.8) is 0 Å². The van der Waals surface area contributed by atoms with Crippen LogP contribution < -0.4 is 5.32 Å². The number of hydrogen-bond donors (Lipinski definition) is 2. The number of halogens is 1. The van der Waals surface area contributed by atoms with Gasteiger partial charge in [0, 0.05) is 11.8 Å². The van der Waals surface area contributed by atoms with Crippen LogP contribution in [0.3, 0.4) is 0 Å². The molecule has 0 aliphatic carbocycles. The Labute approximate surface area is 145 Å². The fourth-order valence-corrected chi connectivity index (χ4v) is 3.81. The lowest BCUT2D eigenvalue weighted by Crippen LogP contribution is -2.12. The third-order valence-electron chi connectivity index (χ3n) is 4.71. The average molecular weight is 337 g/mol. The Kier molecular flexibility index (Phi) is 3.97. The number of pyridine rings is 1. The van der Waals surface area contributed by atoms with E-state index in [0.29, 0.717) is 16.6 Å². The van der Waals surface area contributed by atoms with Crippen LogP contribution in [0.4, 0.5) is 0 Å². The van der Waals surface area contributed by atoms with Gasteiger partial charge in [-0.05, 0) is 61.2 Å². The van der Waals surface area contributed by atoms with Crippen molar-refractivity contribution in [1.82, 2.24) is 15.3 Å². The van der Waals surface area contributed by atoms with E-state index in [-0.39, 0.29) is 0 Å². The first-order valence-corrected chi connectivity index (χ1v) is 8.51. The van der Waals surface area contributed by atoms with E-state index < -0.39 is 0 Å². The van der Waals surface area contributed by atoms with Crippen LogP contribution in [0.2, 0.25) is 5.15 Å². The SMILES string of the molecule is N#Cc1ccc(-c2c(Cl)nc3cc[nH]c3c2C[C@@H]2CCNC2)cc1. The first-order chi connectivity index (χ1) is 11.8. The second-order valence-corrected chi connectivity index (χ2v) is 6.60. The highest BCUT2D eigenvalue weighted by molar-refractivity contribution is 6.33. The van der Waals surface area contributed by atoms with E-state index in [1.807, 2.05) is 36.5 Å². The maximum Gasteiger partial charge on any atom is 0.137 e. The van der Waals surface area contributed by atoms with Gasteiger partial charge >= 0.3 is 0 Å². The number of H-pyrrole nitrogens is 1. The van der Waals surface area contributed by atoms with Crippen LogP contribution in [0, 0.1) is 17.2 Å². The summed E-state index contributed by atoms with van der Waals surface area (Å²) >= 11 is 6.55. The smallest absolute Gasteiger partial charge is 0.137 e. The van der Waals surface area contributed by atoms with Crippen molar-refractivity contribution in [2.45, 2.75) is 12.8 Å². The van der Waals surface area contributed by atoms with E-state index in [1.165, 1.54) is 12.0 Å². The minimum Gasteiger partial charge on any atom is -0.360 e. The van der Waals surface area contributed by atoms with Gasteiger partial charge in [-0.1, -0.05) is 23.7 Å². The molecule has 4 nitrogen and oxygen atoms in total. The normalized spacial score (nSPS) is 17.2. The largest absolute Gasteiger partial charge is 0.360 e. The summed E-state index contributed by atoms with van der Waals surface area (Å²) in [5.74, 6) is 0.604. The lowest BCUT2D eigenvalue weighted by atomic mass is 9.91. The van der Waals surface area contributed by atoms with Gasteiger partial charge in [0.15, 0.2) is 0 Å². The van der Waals surface area contributed by atoms with Crippen molar-refractivity contribution >= 4 is 22.6 Å². The van der Waals surface area contributed by atoms with Crippen LogP contribution in [-0.4, -0.2) is 23.1 Å². The number of hydrogen-bond acceptors (Lipinski definition) is 3. The molecule has 2 N–H and O–H groups in total. The van der Waals surface area contributed by atoms with Crippen LogP contribution in [0.15, 0.2) is 36.5 Å². The lowest BCUT2D eigenvalue weighted by Gasteiger charge is -2.16. The van der Waals surface area contributed by atoms with E-state index in [4.69, 9.17) is 16.9 Å². The molecule has 1 saturated heterocycles. The molecule has 2 aromatic heterocycles. The third kappa shape index (κ3) is 2.66. The van der Waals surface area contributed by atoms with Crippen LogP contribution in [0.25, 0.3) is 22.2 Å². The molecule has 0 bridgehead atoms. The van der Waals surface area contributed by atoms with Gasteiger partial charge in [0.1, 0.15) is 5.15 Å². The molecule has 1 fully saturated rings. The number of aromatic amines is 1. The summed E-state index contributed by atoms with van der Waals surface area (Å²) in [5.41, 5.74) is 5.80. The molecular weight excluding hydrogens is 320 g/mol. The van der Waals surface area contributed by atoms with E-state index in [2.05, 4.69) is 21.4 Å². The van der Waals surface area contributed by atoms with E-state index in [1.54, 1.807) is 0 Å². The lowest BCUT2D eigenvalue weighted by molar-refractivity contribution is 0.582. The quantitative estimate of drug-likeness (QED) is 0.713. The van der Waals surface area contributed by atoms with Gasteiger partial charge in [-0.2, -0.15) is 5.26 Å². The zero-order valence-corrected chi connectivity index (χ0v) is 13.9. The first-order valence-electron chi connectivity index (χ1n) is 8.13. The molecule has 1 aliphatic rings. The summed E-state index contributed by atoms with van der Waals surface area (Å²) in [6.07, 6.45) is 4.05. The van der Waals surface area contributed by atoms with Gasteiger partial charge in [-0.15, -0.1) is 0 Å². The Bertz CT molecular complexity index is 915. The maximum absolute atomic E-state index is 9.01. The van der Waals surface area contributed by atoms with E-state index in [0.717, 1.165) is 41.7 Å². The topological polar surface area (TPSA) is 64.5 Å². The molecule has 0 radical (unpaired) electrons. The molecule has 0 amide bonds. The molecule has 1 aliphatic heterocycles. The van der Waals surface area contributed by atoms with Gasteiger partial charge in [0.25, 0.3) is 0 Å². The van der Waals surface area contributed by atoms with Gasteiger partial charge in [0.2, 0.25) is 0 Å². The van der Waals surface area contributed by atoms with Crippen molar-refractivity contribution in [1.29, 1.82) is 5.26 Å². The highest BCUT2D eigenvalue weighted by Gasteiger charge is 2.22. The van der Waals surface area contributed by atoms with E-state index >= 15 is 0 Å². The summed E-state index contributed by atoms with van der Waals surface area (Å²) < 4.78 is 0. The fourth-order valence-electron chi connectivity index (χ4n) is 3.49. The standard InChI is InChI=1S/C19H17ClN4/c20-19-17(14-3-1-12(10-21)2-4-14)15(9-13-5-7-22-11-13)18-16(24-19)6-8-23-18/h1-4,6,8,13,22-23H,5,7,9,11H2/t13-/m0/s1. The van der Waals surface area contributed by atoms with Crippen LogP contribution in [0.5, 0.6) is 0 Å². The Morgan fingerprint density at radius 1 is 1.25 bits per heavy atom.